The zero-order valence-electron chi connectivity index (χ0n) is 16.3. The molecule has 0 radical (unpaired) electrons. The SMILES string of the molecule is CN=C(NCCc1csc(C)n1)NCc1cccc(NC(=O)C2CCC2)c1.I. The molecule has 1 heterocycles. The number of aryl methyl sites for hydroxylation is 1. The summed E-state index contributed by atoms with van der Waals surface area (Å²) in [4.78, 5) is 20.8. The summed E-state index contributed by atoms with van der Waals surface area (Å²) in [6.45, 7) is 3.44. The number of hydrogen-bond acceptors (Lipinski definition) is 4. The fourth-order valence-corrected chi connectivity index (χ4v) is 3.56. The monoisotopic (exact) mass is 513 g/mol. The number of guanidine groups is 1. The van der Waals surface area contributed by atoms with E-state index in [0.717, 1.165) is 60.1 Å². The highest BCUT2D eigenvalue weighted by Gasteiger charge is 2.25. The van der Waals surface area contributed by atoms with Gasteiger partial charge in [-0.1, -0.05) is 18.6 Å². The molecule has 0 spiro atoms. The van der Waals surface area contributed by atoms with E-state index >= 15 is 0 Å². The number of rotatable bonds is 7. The quantitative estimate of drug-likeness (QED) is 0.300. The summed E-state index contributed by atoms with van der Waals surface area (Å²) in [7, 11) is 1.76. The molecule has 2 aromatic rings. The molecular formula is C20H28IN5OS. The Kier molecular flexibility index (Phi) is 9.17. The Morgan fingerprint density at radius 2 is 2.14 bits per heavy atom. The first-order valence-corrected chi connectivity index (χ1v) is 10.3. The third-order valence-electron chi connectivity index (χ3n) is 4.69. The number of nitrogens with one attached hydrogen (secondary N) is 3. The van der Waals surface area contributed by atoms with Gasteiger partial charge in [-0.25, -0.2) is 4.98 Å². The number of anilines is 1. The van der Waals surface area contributed by atoms with Gasteiger partial charge in [0, 0.05) is 43.5 Å². The lowest BCUT2D eigenvalue weighted by Gasteiger charge is -2.24. The number of amides is 1. The van der Waals surface area contributed by atoms with Crippen LogP contribution >= 0.6 is 35.3 Å². The highest BCUT2D eigenvalue weighted by Crippen LogP contribution is 2.27. The summed E-state index contributed by atoms with van der Waals surface area (Å²) in [6, 6.07) is 7.95. The Labute approximate surface area is 187 Å². The van der Waals surface area contributed by atoms with Crippen molar-refractivity contribution in [3.63, 3.8) is 0 Å². The molecular weight excluding hydrogens is 485 g/mol. The summed E-state index contributed by atoms with van der Waals surface area (Å²) >= 11 is 1.67. The van der Waals surface area contributed by atoms with Gasteiger partial charge in [0.05, 0.1) is 10.7 Å². The van der Waals surface area contributed by atoms with Crippen molar-refractivity contribution in [2.24, 2.45) is 10.9 Å². The Bertz CT molecular complexity index is 803. The molecule has 3 rings (SSSR count). The first-order chi connectivity index (χ1) is 13.1. The lowest BCUT2D eigenvalue weighted by molar-refractivity contribution is -0.122. The molecule has 1 fully saturated rings. The van der Waals surface area contributed by atoms with E-state index in [1.165, 1.54) is 0 Å². The minimum atomic E-state index is 0. The molecule has 1 aromatic carbocycles. The van der Waals surface area contributed by atoms with Crippen LogP contribution in [-0.4, -0.2) is 30.4 Å². The van der Waals surface area contributed by atoms with Gasteiger partial charge in [0.1, 0.15) is 0 Å². The van der Waals surface area contributed by atoms with Crippen molar-refractivity contribution >= 4 is 52.9 Å². The summed E-state index contributed by atoms with van der Waals surface area (Å²) in [5.41, 5.74) is 3.06. The van der Waals surface area contributed by atoms with Crippen LogP contribution in [0.5, 0.6) is 0 Å². The van der Waals surface area contributed by atoms with Gasteiger partial charge in [0.2, 0.25) is 5.91 Å². The Morgan fingerprint density at radius 3 is 2.79 bits per heavy atom. The molecule has 1 aliphatic rings. The number of halogens is 1. The highest BCUT2D eigenvalue weighted by atomic mass is 127. The maximum Gasteiger partial charge on any atom is 0.227 e. The molecule has 0 atom stereocenters. The van der Waals surface area contributed by atoms with Crippen LogP contribution in [0.25, 0.3) is 0 Å². The molecule has 0 saturated heterocycles. The van der Waals surface area contributed by atoms with Crippen LogP contribution in [0.3, 0.4) is 0 Å². The van der Waals surface area contributed by atoms with Crippen molar-refractivity contribution in [2.75, 3.05) is 18.9 Å². The normalized spacial score (nSPS) is 14.0. The van der Waals surface area contributed by atoms with E-state index in [1.54, 1.807) is 18.4 Å². The second kappa shape index (κ2) is 11.4. The van der Waals surface area contributed by atoms with Crippen LogP contribution in [0.1, 0.15) is 35.5 Å². The molecule has 8 heteroatoms. The van der Waals surface area contributed by atoms with Gasteiger partial charge in [-0.2, -0.15) is 0 Å². The van der Waals surface area contributed by atoms with Crippen LogP contribution in [0.15, 0.2) is 34.6 Å². The summed E-state index contributed by atoms with van der Waals surface area (Å²) < 4.78 is 0. The Morgan fingerprint density at radius 1 is 1.32 bits per heavy atom. The van der Waals surface area contributed by atoms with Gasteiger partial charge in [0.25, 0.3) is 0 Å². The minimum Gasteiger partial charge on any atom is -0.356 e. The second-order valence-corrected chi connectivity index (χ2v) is 7.84. The second-order valence-electron chi connectivity index (χ2n) is 6.78. The van der Waals surface area contributed by atoms with Crippen LogP contribution in [-0.2, 0) is 17.8 Å². The van der Waals surface area contributed by atoms with Crippen molar-refractivity contribution in [3.8, 4) is 0 Å². The zero-order chi connectivity index (χ0) is 19.1. The van der Waals surface area contributed by atoms with Crippen LogP contribution in [0, 0.1) is 12.8 Å². The van der Waals surface area contributed by atoms with Crippen molar-refractivity contribution in [3.05, 3.63) is 45.9 Å². The van der Waals surface area contributed by atoms with Crippen molar-refractivity contribution in [2.45, 2.75) is 39.2 Å². The van der Waals surface area contributed by atoms with E-state index in [1.807, 2.05) is 31.2 Å². The average molecular weight is 513 g/mol. The molecule has 0 bridgehead atoms. The molecule has 152 valence electrons. The van der Waals surface area contributed by atoms with E-state index in [0.29, 0.717) is 6.54 Å². The number of aromatic nitrogens is 1. The van der Waals surface area contributed by atoms with Crippen LogP contribution < -0.4 is 16.0 Å². The molecule has 0 aliphatic heterocycles. The zero-order valence-corrected chi connectivity index (χ0v) is 19.5. The largest absolute Gasteiger partial charge is 0.356 e. The van der Waals surface area contributed by atoms with Gasteiger partial charge in [-0.05, 0) is 37.5 Å². The predicted octanol–water partition coefficient (Wildman–Crippen LogP) is 3.72. The summed E-state index contributed by atoms with van der Waals surface area (Å²) in [5.74, 6) is 1.09. The maximum atomic E-state index is 12.1. The molecule has 0 unspecified atom stereocenters. The van der Waals surface area contributed by atoms with Crippen molar-refractivity contribution in [1.29, 1.82) is 0 Å². The summed E-state index contributed by atoms with van der Waals surface area (Å²) in [5, 5.41) is 12.8. The fourth-order valence-electron chi connectivity index (χ4n) is 2.91. The van der Waals surface area contributed by atoms with E-state index in [4.69, 9.17) is 0 Å². The third kappa shape index (κ3) is 6.73. The lowest BCUT2D eigenvalue weighted by Crippen LogP contribution is -2.37. The van der Waals surface area contributed by atoms with Crippen molar-refractivity contribution < 1.29 is 4.79 Å². The van der Waals surface area contributed by atoms with E-state index in [9.17, 15) is 4.79 Å². The standard InChI is InChI=1S/C20H27N5OS.HI/c1-14-24-18(13-27-14)9-10-22-20(21-2)23-12-15-5-3-8-17(11-15)25-19(26)16-6-4-7-16;/h3,5,8,11,13,16H,4,6-7,9-10,12H2,1-2H3,(H,25,26)(H2,21,22,23);1H. The summed E-state index contributed by atoms with van der Waals surface area (Å²) in [6.07, 6.45) is 4.05. The number of nitrogens with zero attached hydrogens (tertiary/aromatic N) is 2. The first-order valence-electron chi connectivity index (χ1n) is 9.39. The Balaban J connectivity index is 0.00000280. The van der Waals surface area contributed by atoms with E-state index in [2.05, 4.69) is 31.3 Å². The maximum absolute atomic E-state index is 12.1. The predicted molar refractivity (Wildman–Crippen MR) is 127 cm³/mol. The third-order valence-corrected chi connectivity index (χ3v) is 5.52. The topological polar surface area (TPSA) is 78.4 Å². The number of carbonyl (C=O) groups is 1. The molecule has 1 aliphatic carbocycles. The Hall–Kier alpha value is -1.68. The lowest BCUT2D eigenvalue weighted by atomic mass is 9.85. The van der Waals surface area contributed by atoms with Gasteiger partial charge in [0.15, 0.2) is 5.96 Å². The average Bonchev–Trinajstić information content (AvgIpc) is 3.02. The number of carbonyl (C=O) groups excluding carboxylic acids is 1. The molecule has 3 N–H and O–H groups in total. The van der Waals surface area contributed by atoms with E-state index in [-0.39, 0.29) is 35.8 Å². The molecule has 1 aromatic heterocycles. The smallest absolute Gasteiger partial charge is 0.227 e. The van der Waals surface area contributed by atoms with Crippen LogP contribution in [0.2, 0.25) is 0 Å². The number of thiazole rings is 1. The first kappa shape index (κ1) is 22.6. The minimum absolute atomic E-state index is 0. The molecule has 6 nitrogen and oxygen atoms in total. The molecule has 1 saturated carbocycles. The number of benzene rings is 1. The van der Waals surface area contributed by atoms with Gasteiger partial charge >= 0.3 is 0 Å². The molecule has 28 heavy (non-hydrogen) atoms. The van der Waals surface area contributed by atoms with Gasteiger partial charge in [-0.3, -0.25) is 9.79 Å². The number of hydrogen-bond donors (Lipinski definition) is 3. The highest BCUT2D eigenvalue weighted by molar-refractivity contribution is 14.0. The van der Waals surface area contributed by atoms with E-state index < -0.39 is 0 Å². The van der Waals surface area contributed by atoms with Gasteiger partial charge in [-0.15, -0.1) is 35.3 Å². The van der Waals surface area contributed by atoms with Crippen molar-refractivity contribution in [1.82, 2.24) is 15.6 Å². The fraction of sp³-hybridized carbons (Fsp3) is 0.450. The molecule has 1 amide bonds. The van der Waals surface area contributed by atoms with Gasteiger partial charge < -0.3 is 16.0 Å². The van der Waals surface area contributed by atoms with Crippen LogP contribution in [0.4, 0.5) is 5.69 Å². The number of aliphatic imine (C=N–C) groups is 1.